The molecule has 5 nitrogen and oxygen atoms in total. The lowest BCUT2D eigenvalue weighted by Crippen LogP contribution is -2.48. The van der Waals surface area contributed by atoms with Crippen LogP contribution in [0.2, 0.25) is 0 Å². The molecule has 0 bridgehead atoms. The summed E-state index contributed by atoms with van der Waals surface area (Å²) in [4.78, 5) is 23.2. The van der Waals surface area contributed by atoms with Crippen LogP contribution >= 0.6 is 0 Å². The number of amides is 2. The largest absolute Gasteiger partial charge is 0.354 e. The van der Waals surface area contributed by atoms with E-state index >= 15 is 0 Å². The molecule has 98 valence electrons. The molecule has 0 aromatic rings. The van der Waals surface area contributed by atoms with Crippen LogP contribution in [0.15, 0.2) is 0 Å². The zero-order chi connectivity index (χ0) is 12.7. The van der Waals surface area contributed by atoms with Crippen LogP contribution in [0, 0.1) is 0 Å². The first-order chi connectivity index (χ1) is 8.13. The molecule has 1 rings (SSSR count). The molecule has 1 aliphatic rings. The summed E-state index contributed by atoms with van der Waals surface area (Å²) in [6.45, 7) is 5.09. The number of hydrogen-bond donors (Lipinski definition) is 3. The van der Waals surface area contributed by atoms with Crippen molar-refractivity contribution in [1.82, 2.24) is 16.0 Å². The van der Waals surface area contributed by atoms with Crippen molar-refractivity contribution in [2.24, 2.45) is 0 Å². The summed E-state index contributed by atoms with van der Waals surface area (Å²) in [6, 6.07) is -0.0348. The van der Waals surface area contributed by atoms with Gasteiger partial charge >= 0.3 is 0 Å². The lowest BCUT2D eigenvalue weighted by Gasteiger charge is -2.16. The molecule has 1 saturated heterocycles. The second-order valence-corrected chi connectivity index (χ2v) is 4.60. The van der Waals surface area contributed by atoms with Crippen LogP contribution in [-0.2, 0) is 9.59 Å². The van der Waals surface area contributed by atoms with E-state index in [1.807, 2.05) is 6.92 Å². The summed E-state index contributed by atoms with van der Waals surface area (Å²) in [7, 11) is 0. The fraction of sp³-hybridized carbons (Fsp3) is 0.833. The summed E-state index contributed by atoms with van der Waals surface area (Å²) in [5.74, 6) is -0.160. The summed E-state index contributed by atoms with van der Waals surface area (Å²) in [5.41, 5.74) is 0. The third-order valence-electron chi connectivity index (χ3n) is 3.09. The molecule has 17 heavy (non-hydrogen) atoms. The van der Waals surface area contributed by atoms with Gasteiger partial charge in [-0.15, -0.1) is 0 Å². The number of rotatable bonds is 5. The molecule has 2 unspecified atom stereocenters. The Morgan fingerprint density at radius 2 is 2.29 bits per heavy atom. The molecule has 5 heteroatoms. The maximum Gasteiger partial charge on any atom is 0.242 e. The molecule has 3 N–H and O–H groups in total. The number of carbonyl (C=O) groups is 2. The Morgan fingerprint density at radius 1 is 1.53 bits per heavy atom. The zero-order valence-corrected chi connectivity index (χ0v) is 10.7. The molecule has 0 aromatic heterocycles. The van der Waals surface area contributed by atoms with E-state index in [0.29, 0.717) is 6.04 Å². The maximum absolute atomic E-state index is 11.6. The molecule has 0 aromatic carbocycles. The van der Waals surface area contributed by atoms with E-state index in [2.05, 4.69) is 22.9 Å². The van der Waals surface area contributed by atoms with Gasteiger partial charge in [-0.2, -0.15) is 0 Å². The van der Waals surface area contributed by atoms with Gasteiger partial charge in [-0.3, -0.25) is 9.59 Å². The lowest BCUT2D eigenvalue weighted by atomic mass is 10.1. The van der Waals surface area contributed by atoms with Crippen LogP contribution in [0.4, 0.5) is 0 Å². The lowest BCUT2D eigenvalue weighted by molar-refractivity contribution is -0.128. The van der Waals surface area contributed by atoms with Gasteiger partial charge in [-0.25, -0.2) is 0 Å². The quantitative estimate of drug-likeness (QED) is 0.642. The molecule has 0 spiro atoms. The highest BCUT2D eigenvalue weighted by atomic mass is 16.2. The average Bonchev–Trinajstić information content (AvgIpc) is 2.52. The molecular formula is C12H23N3O2. The topological polar surface area (TPSA) is 70.2 Å². The van der Waals surface area contributed by atoms with E-state index in [-0.39, 0.29) is 24.4 Å². The van der Waals surface area contributed by atoms with Gasteiger partial charge in [0.2, 0.25) is 11.8 Å². The van der Waals surface area contributed by atoms with Gasteiger partial charge in [0.1, 0.15) is 6.04 Å². The van der Waals surface area contributed by atoms with Crippen molar-refractivity contribution in [3.05, 3.63) is 0 Å². The number of carbonyl (C=O) groups excluding carboxylic acids is 2. The summed E-state index contributed by atoms with van der Waals surface area (Å²) in [5, 5.41) is 8.68. The molecule has 2 atom stereocenters. The van der Waals surface area contributed by atoms with Crippen molar-refractivity contribution in [3.8, 4) is 0 Å². The highest BCUT2D eigenvalue weighted by molar-refractivity contribution is 5.88. The van der Waals surface area contributed by atoms with E-state index < -0.39 is 0 Å². The van der Waals surface area contributed by atoms with Gasteiger partial charge in [-0.05, 0) is 32.6 Å². The third-order valence-corrected chi connectivity index (χ3v) is 3.09. The zero-order valence-electron chi connectivity index (χ0n) is 10.7. The van der Waals surface area contributed by atoms with Crippen LogP contribution in [-0.4, -0.2) is 37.0 Å². The van der Waals surface area contributed by atoms with Crippen molar-refractivity contribution in [2.75, 3.05) is 13.1 Å². The van der Waals surface area contributed by atoms with Crippen molar-refractivity contribution in [2.45, 2.75) is 51.6 Å². The summed E-state index contributed by atoms with van der Waals surface area (Å²) in [6.07, 6.45) is 3.68. The first-order valence-corrected chi connectivity index (χ1v) is 6.44. The van der Waals surface area contributed by atoms with E-state index in [1.54, 1.807) is 0 Å². The van der Waals surface area contributed by atoms with E-state index in [4.69, 9.17) is 0 Å². The fourth-order valence-corrected chi connectivity index (χ4v) is 1.73. The van der Waals surface area contributed by atoms with Crippen molar-refractivity contribution in [1.29, 1.82) is 0 Å². The third kappa shape index (κ3) is 5.17. The van der Waals surface area contributed by atoms with Gasteiger partial charge < -0.3 is 16.0 Å². The molecule has 0 saturated carbocycles. The average molecular weight is 241 g/mol. The molecular weight excluding hydrogens is 218 g/mol. The van der Waals surface area contributed by atoms with Gasteiger partial charge in [0.25, 0.3) is 0 Å². The Hall–Kier alpha value is -1.10. The number of nitrogens with one attached hydrogen (secondary N) is 3. The molecule has 1 heterocycles. The summed E-state index contributed by atoms with van der Waals surface area (Å²) >= 11 is 0. The highest BCUT2D eigenvalue weighted by Crippen LogP contribution is 2.04. The van der Waals surface area contributed by atoms with Gasteiger partial charge in [0.15, 0.2) is 0 Å². The molecule has 0 aliphatic carbocycles. The van der Waals surface area contributed by atoms with Gasteiger partial charge in [0.05, 0.1) is 6.54 Å². The van der Waals surface area contributed by atoms with E-state index in [1.165, 1.54) is 0 Å². The minimum Gasteiger partial charge on any atom is -0.354 e. The van der Waals surface area contributed by atoms with Crippen LogP contribution in [0.5, 0.6) is 0 Å². The van der Waals surface area contributed by atoms with Gasteiger partial charge in [0, 0.05) is 12.6 Å². The SMILES string of the molecule is CCC(C)NCC(=O)NC1CCCCNC1=O. The van der Waals surface area contributed by atoms with Crippen LogP contribution < -0.4 is 16.0 Å². The normalized spacial score (nSPS) is 22.5. The Balaban J connectivity index is 2.31. The van der Waals surface area contributed by atoms with Crippen LogP contribution in [0.3, 0.4) is 0 Å². The first kappa shape index (κ1) is 14.0. The first-order valence-electron chi connectivity index (χ1n) is 6.44. The van der Waals surface area contributed by atoms with Crippen molar-refractivity contribution < 1.29 is 9.59 Å². The molecule has 1 aliphatic heterocycles. The van der Waals surface area contributed by atoms with Crippen molar-refractivity contribution in [3.63, 3.8) is 0 Å². The maximum atomic E-state index is 11.6. The monoisotopic (exact) mass is 241 g/mol. The standard InChI is InChI=1S/C12H23N3O2/c1-3-9(2)14-8-11(16)15-10-6-4-5-7-13-12(10)17/h9-10,14H,3-8H2,1-2H3,(H,13,17)(H,15,16). The van der Waals surface area contributed by atoms with Gasteiger partial charge in [-0.1, -0.05) is 6.92 Å². The van der Waals surface area contributed by atoms with Crippen molar-refractivity contribution >= 4 is 11.8 Å². The van der Waals surface area contributed by atoms with Crippen LogP contribution in [0.25, 0.3) is 0 Å². The minimum absolute atomic E-state index is 0.0561. The molecule has 1 fully saturated rings. The van der Waals surface area contributed by atoms with E-state index in [0.717, 1.165) is 32.2 Å². The Morgan fingerprint density at radius 3 is 3.00 bits per heavy atom. The smallest absolute Gasteiger partial charge is 0.242 e. The second-order valence-electron chi connectivity index (χ2n) is 4.60. The second kappa shape index (κ2) is 7.27. The Kier molecular flexibility index (Phi) is 5.97. The molecule has 0 radical (unpaired) electrons. The molecule has 2 amide bonds. The number of hydrogen-bond acceptors (Lipinski definition) is 3. The predicted molar refractivity (Wildman–Crippen MR) is 66.5 cm³/mol. The Labute approximate surface area is 103 Å². The van der Waals surface area contributed by atoms with Crippen LogP contribution in [0.1, 0.15) is 39.5 Å². The fourth-order valence-electron chi connectivity index (χ4n) is 1.73. The minimum atomic E-state index is -0.358. The van der Waals surface area contributed by atoms with E-state index in [9.17, 15) is 9.59 Å². The Bertz CT molecular complexity index is 268. The summed E-state index contributed by atoms with van der Waals surface area (Å²) < 4.78 is 0. The highest BCUT2D eigenvalue weighted by Gasteiger charge is 2.21. The predicted octanol–water partition coefficient (Wildman–Crippen LogP) is 0.159.